The minimum absolute atomic E-state index is 0.00418. The number of hydrogen-bond acceptors (Lipinski definition) is 2. The Kier molecular flexibility index (Phi) is 6.03. The van der Waals surface area contributed by atoms with Crippen LogP contribution in [-0.4, -0.2) is 18.2 Å². The number of rotatable bonds is 4. The highest BCUT2D eigenvalue weighted by Gasteiger charge is 1.92. The van der Waals surface area contributed by atoms with E-state index in [0.717, 1.165) is 6.42 Å². The lowest BCUT2D eigenvalue weighted by Gasteiger charge is -1.99. The van der Waals surface area contributed by atoms with E-state index in [9.17, 15) is 4.79 Å². The first-order valence-electron chi connectivity index (χ1n) is 3.67. The summed E-state index contributed by atoms with van der Waals surface area (Å²) in [5.74, 6) is 0.268. The molecule has 64 valence electrons. The maximum absolute atomic E-state index is 10.6. The topological polar surface area (TPSA) is 29.1 Å². The van der Waals surface area contributed by atoms with Crippen LogP contribution in [0.1, 0.15) is 20.3 Å². The molecule has 0 radical (unpaired) electrons. The normalized spacial score (nSPS) is 9.00. The van der Waals surface area contributed by atoms with E-state index in [0.29, 0.717) is 6.54 Å². The van der Waals surface area contributed by atoms with Crippen LogP contribution in [0.4, 0.5) is 0 Å². The quantitative estimate of drug-likeness (QED) is 0.375. The average Bonchev–Trinajstić information content (AvgIpc) is 1.97. The van der Waals surface area contributed by atoms with Crippen molar-refractivity contribution in [1.82, 2.24) is 5.32 Å². The van der Waals surface area contributed by atoms with E-state index in [4.69, 9.17) is 0 Å². The first kappa shape index (κ1) is 10.6. The third-order valence-corrected chi connectivity index (χ3v) is 1.45. The third-order valence-electron chi connectivity index (χ3n) is 1.16. The SMILES string of the molecule is CC(C)=CCCNC(=O)CS. The van der Waals surface area contributed by atoms with Crippen molar-refractivity contribution in [2.75, 3.05) is 12.3 Å². The Hall–Kier alpha value is -0.440. The molecule has 3 heteroatoms. The fraction of sp³-hybridized carbons (Fsp3) is 0.625. The van der Waals surface area contributed by atoms with Gasteiger partial charge in [0.2, 0.25) is 5.91 Å². The second-order valence-electron chi connectivity index (χ2n) is 2.58. The molecular formula is C8H15NOS. The highest BCUT2D eigenvalue weighted by Crippen LogP contribution is 1.90. The van der Waals surface area contributed by atoms with Crippen LogP contribution < -0.4 is 5.32 Å². The standard InChI is InChI=1S/C8H15NOS/c1-7(2)4-3-5-9-8(10)6-11/h4,11H,3,5-6H2,1-2H3,(H,9,10). The van der Waals surface area contributed by atoms with Gasteiger partial charge in [-0.3, -0.25) is 4.79 Å². The number of hydrogen-bond donors (Lipinski definition) is 2. The number of carbonyl (C=O) groups is 1. The molecule has 1 amide bonds. The maximum Gasteiger partial charge on any atom is 0.229 e. The zero-order valence-electron chi connectivity index (χ0n) is 7.05. The van der Waals surface area contributed by atoms with Gasteiger partial charge in [-0.1, -0.05) is 11.6 Å². The van der Waals surface area contributed by atoms with Gasteiger partial charge in [0.15, 0.2) is 0 Å². The summed E-state index contributed by atoms with van der Waals surface area (Å²) < 4.78 is 0. The fourth-order valence-corrected chi connectivity index (χ4v) is 0.740. The first-order chi connectivity index (χ1) is 5.16. The molecule has 0 aromatic rings. The van der Waals surface area contributed by atoms with E-state index in [1.54, 1.807) is 0 Å². The molecule has 0 saturated carbocycles. The van der Waals surface area contributed by atoms with Gasteiger partial charge in [0, 0.05) is 6.54 Å². The lowest BCUT2D eigenvalue weighted by Crippen LogP contribution is -2.24. The number of amides is 1. The Labute approximate surface area is 73.5 Å². The zero-order chi connectivity index (χ0) is 8.69. The van der Waals surface area contributed by atoms with Crippen molar-refractivity contribution in [3.8, 4) is 0 Å². The average molecular weight is 173 g/mol. The van der Waals surface area contributed by atoms with Crippen molar-refractivity contribution in [3.63, 3.8) is 0 Å². The maximum atomic E-state index is 10.6. The van der Waals surface area contributed by atoms with Crippen molar-refractivity contribution in [2.45, 2.75) is 20.3 Å². The molecule has 0 saturated heterocycles. The van der Waals surface area contributed by atoms with Gasteiger partial charge in [-0.05, 0) is 20.3 Å². The summed E-state index contributed by atoms with van der Waals surface area (Å²) in [5.41, 5.74) is 1.28. The minimum Gasteiger partial charge on any atom is -0.355 e. The van der Waals surface area contributed by atoms with Gasteiger partial charge in [0.25, 0.3) is 0 Å². The summed E-state index contributed by atoms with van der Waals surface area (Å²) in [5, 5.41) is 2.73. The zero-order valence-corrected chi connectivity index (χ0v) is 7.95. The molecule has 0 aliphatic carbocycles. The number of carbonyl (C=O) groups excluding carboxylic acids is 1. The summed E-state index contributed by atoms with van der Waals surface area (Å²) in [7, 11) is 0. The summed E-state index contributed by atoms with van der Waals surface area (Å²) in [6, 6.07) is 0. The van der Waals surface area contributed by atoms with Crippen molar-refractivity contribution in [3.05, 3.63) is 11.6 Å². The summed E-state index contributed by atoms with van der Waals surface area (Å²) >= 11 is 3.83. The van der Waals surface area contributed by atoms with Crippen LogP contribution in [0.15, 0.2) is 11.6 Å². The van der Waals surface area contributed by atoms with Crippen LogP contribution in [0.5, 0.6) is 0 Å². The Morgan fingerprint density at radius 3 is 2.64 bits per heavy atom. The van der Waals surface area contributed by atoms with E-state index in [1.165, 1.54) is 5.57 Å². The molecule has 0 atom stereocenters. The Bertz CT molecular complexity index is 150. The molecule has 0 spiro atoms. The molecule has 0 aromatic carbocycles. The lowest BCUT2D eigenvalue weighted by atomic mass is 10.3. The van der Waals surface area contributed by atoms with Gasteiger partial charge in [0.1, 0.15) is 0 Å². The van der Waals surface area contributed by atoms with Gasteiger partial charge in [-0.2, -0.15) is 12.6 Å². The molecule has 0 aliphatic rings. The van der Waals surface area contributed by atoms with Crippen LogP contribution >= 0.6 is 12.6 Å². The third kappa shape index (κ3) is 7.46. The van der Waals surface area contributed by atoms with E-state index >= 15 is 0 Å². The molecule has 0 unspecified atom stereocenters. The van der Waals surface area contributed by atoms with Gasteiger partial charge >= 0.3 is 0 Å². The lowest BCUT2D eigenvalue weighted by molar-refractivity contribution is -0.118. The van der Waals surface area contributed by atoms with E-state index in [1.807, 2.05) is 13.8 Å². The molecule has 0 fully saturated rings. The van der Waals surface area contributed by atoms with Crippen LogP contribution in [0, 0.1) is 0 Å². The van der Waals surface area contributed by atoms with Gasteiger partial charge in [-0.15, -0.1) is 0 Å². The molecule has 2 nitrogen and oxygen atoms in total. The second-order valence-corrected chi connectivity index (χ2v) is 2.89. The minimum atomic E-state index is -0.00418. The van der Waals surface area contributed by atoms with E-state index in [-0.39, 0.29) is 11.7 Å². The molecular weight excluding hydrogens is 158 g/mol. The molecule has 0 aromatic heterocycles. The highest BCUT2D eigenvalue weighted by molar-refractivity contribution is 7.81. The van der Waals surface area contributed by atoms with Crippen molar-refractivity contribution < 1.29 is 4.79 Å². The van der Waals surface area contributed by atoms with Crippen molar-refractivity contribution in [1.29, 1.82) is 0 Å². The Morgan fingerprint density at radius 2 is 2.18 bits per heavy atom. The molecule has 1 N–H and O–H groups in total. The summed E-state index contributed by atoms with van der Waals surface area (Å²) in [4.78, 5) is 10.6. The molecule has 11 heavy (non-hydrogen) atoms. The molecule has 0 rings (SSSR count). The Morgan fingerprint density at radius 1 is 1.55 bits per heavy atom. The van der Waals surface area contributed by atoms with Crippen LogP contribution in [0.2, 0.25) is 0 Å². The summed E-state index contributed by atoms with van der Waals surface area (Å²) in [6.45, 7) is 4.80. The Balaban J connectivity index is 3.28. The monoisotopic (exact) mass is 173 g/mol. The molecule has 0 heterocycles. The van der Waals surface area contributed by atoms with Crippen LogP contribution in [-0.2, 0) is 4.79 Å². The second kappa shape index (κ2) is 6.28. The number of nitrogens with one attached hydrogen (secondary N) is 1. The molecule has 0 bridgehead atoms. The van der Waals surface area contributed by atoms with E-state index in [2.05, 4.69) is 24.0 Å². The summed E-state index contributed by atoms with van der Waals surface area (Å²) in [6.07, 6.45) is 3.00. The van der Waals surface area contributed by atoms with Crippen molar-refractivity contribution in [2.24, 2.45) is 0 Å². The number of allylic oxidation sites excluding steroid dienone is 1. The largest absolute Gasteiger partial charge is 0.355 e. The van der Waals surface area contributed by atoms with Crippen LogP contribution in [0.25, 0.3) is 0 Å². The number of thiol groups is 1. The van der Waals surface area contributed by atoms with Gasteiger partial charge < -0.3 is 5.32 Å². The smallest absolute Gasteiger partial charge is 0.229 e. The fourth-order valence-electron chi connectivity index (χ4n) is 0.628. The predicted molar refractivity (Wildman–Crippen MR) is 50.9 cm³/mol. The van der Waals surface area contributed by atoms with Gasteiger partial charge in [0.05, 0.1) is 5.75 Å². The highest BCUT2D eigenvalue weighted by atomic mass is 32.1. The van der Waals surface area contributed by atoms with Crippen molar-refractivity contribution >= 4 is 18.5 Å². The van der Waals surface area contributed by atoms with Crippen LogP contribution in [0.3, 0.4) is 0 Å². The van der Waals surface area contributed by atoms with Gasteiger partial charge in [-0.25, -0.2) is 0 Å². The van der Waals surface area contributed by atoms with E-state index < -0.39 is 0 Å². The first-order valence-corrected chi connectivity index (χ1v) is 4.31. The molecule has 0 aliphatic heterocycles. The predicted octanol–water partition coefficient (Wildman–Crippen LogP) is 1.39.